The number of nitrogens with one attached hydrogen (secondary N) is 1. The lowest BCUT2D eigenvalue weighted by molar-refractivity contribution is -0.132. The number of hydrogen-bond acceptors (Lipinski definition) is 3. The summed E-state index contributed by atoms with van der Waals surface area (Å²) in [6, 6.07) is -0.0291. The molecule has 1 rings (SSSR count). The van der Waals surface area contributed by atoms with Gasteiger partial charge in [-0.05, 0) is 32.2 Å². The molecule has 1 aliphatic heterocycles. The second kappa shape index (κ2) is 9.60. The predicted octanol–water partition coefficient (Wildman–Crippen LogP) is 1.02. The highest BCUT2D eigenvalue weighted by atomic mass is 16.2. The van der Waals surface area contributed by atoms with Gasteiger partial charge < -0.3 is 20.9 Å². The Labute approximate surface area is 128 Å². The first-order valence-electron chi connectivity index (χ1n) is 8.12. The molecule has 6 heteroatoms. The predicted molar refractivity (Wildman–Crippen MR) is 83.9 cm³/mol. The van der Waals surface area contributed by atoms with Gasteiger partial charge in [-0.15, -0.1) is 0 Å². The molecule has 3 N–H and O–H groups in total. The van der Waals surface area contributed by atoms with Crippen molar-refractivity contribution in [1.29, 1.82) is 0 Å². The van der Waals surface area contributed by atoms with E-state index in [1.807, 2.05) is 11.8 Å². The topological polar surface area (TPSA) is 78.7 Å². The van der Waals surface area contributed by atoms with Crippen LogP contribution in [0.1, 0.15) is 39.5 Å². The van der Waals surface area contributed by atoms with Crippen LogP contribution in [0, 0.1) is 5.92 Å². The van der Waals surface area contributed by atoms with E-state index < -0.39 is 0 Å². The van der Waals surface area contributed by atoms with E-state index in [0.717, 1.165) is 19.3 Å². The Morgan fingerprint density at radius 3 is 2.24 bits per heavy atom. The zero-order chi connectivity index (χ0) is 15.7. The van der Waals surface area contributed by atoms with Crippen LogP contribution >= 0.6 is 0 Å². The third-order valence-electron chi connectivity index (χ3n) is 4.17. The highest BCUT2D eigenvalue weighted by Gasteiger charge is 2.23. The molecule has 1 atom stereocenters. The van der Waals surface area contributed by atoms with Crippen molar-refractivity contribution in [2.75, 3.05) is 39.3 Å². The number of carbonyl (C=O) groups is 2. The van der Waals surface area contributed by atoms with Gasteiger partial charge in [-0.3, -0.25) is 4.79 Å². The summed E-state index contributed by atoms with van der Waals surface area (Å²) < 4.78 is 0. The van der Waals surface area contributed by atoms with Crippen LogP contribution in [0.5, 0.6) is 0 Å². The van der Waals surface area contributed by atoms with Gasteiger partial charge in [-0.25, -0.2) is 4.79 Å². The Balaban J connectivity index is 2.30. The molecule has 0 spiro atoms. The van der Waals surface area contributed by atoms with Crippen LogP contribution in [0.4, 0.5) is 4.79 Å². The van der Waals surface area contributed by atoms with Crippen LogP contribution in [-0.4, -0.2) is 61.0 Å². The molecule has 0 radical (unpaired) electrons. The molecule has 0 aliphatic carbocycles. The first kappa shape index (κ1) is 17.8. The molecule has 0 aromatic carbocycles. The van der Waals surface area contributed by atoms with E-state index in [1.165, 1.54) is 0 Å². The molecule has 6 nitrogen and oxygen atoms in total. The van der Waals surface area contributed by atoms with Crippen molar-refractivity contribution >= 4 is 11.9 Å². The lowest BCUT2D eigenvalue weighted by atomic mass is 9.96. The summed E-state index contributed by atoms with van der Waals surface area (Å²) in [6.07, 6.45) is 3.59. The molecule has 0 bridgehead atoms. The molecule has 0 aromatic heterocycles. The minimum Gasteiger partial charge on any atom is -0.339 e. The van der Waals surface area contributed by atoms with Gasteiger partial charge in [0.15, 0.2) is 0 Å². The van der Waals surface area contributed by atoms with E-state index in [2.05, 4.69) is 12.2 Å². The standard InChI is InChI=1S/C15H30N4O2/c1-3-13(7-8-16)5-6-14(20)18-9-11-19(12-10-18)15(21)17-4-2/h13H,3-12,16H2,1-2H3,(H,17,21). The van der Waals surface area contributed by atoms with E-state index in [4.69, 9.17) is 5.73 Å². The second-order valence-corrected chi connectivity index (χ2v) is 5.59. The van der Waals surface area contributed by atoms with E-state index in [-0.39, 0.29) is 11.9 Å². The van der Waals surface area contributed by atoms with Gasteiger partial charge in [0.1, 0.15) is 0 Å². The zero-order valence-electron chi connectivity index (χ0n) is 13.4. The lowest BCUT2D eigenvalue weighted by Gasteiger charge is -2.35. The Hall–Kier alpha value is -1.30. The fourth-order valence-electron chi connectivity index (χ4n) is 2.70. The molecule has 1 unspecified atom stereocenters. The molecule has 3 amide bonds. The molecular weight excluding hydrogens is 268 g/mol. The molecule has 1 saturated heterocycles. The first-order valence-corrected chi connectivity index (χ1v) is 8.12. The van der Waals surface area contributed by atoms with Crippen LogP contribution in [0.3, 0.4) is 0 Å². The summed E-state index contributed by atoms with van der Waals surface area (Å²) in [5.74, 6) is 0.761. The number of hydrogen-bond donors (Lipinski definition) is 2. The van der Waals surface area contributed by atoms with Gasteiger partial charge in [0.2, 0.25) is 5.91 Å². The lowest BCUT2D eigenvalue weighted by Crippen LogP contribution is -2.53. The summed E-state index contributed by atoms with van der Waals surface area (Å²) in [5, 5.41) is 2.79. The van der Waals surface area contributed by atoms with Crippen molar-refractivity contribution in [1.82, 2.24) is 15.1 Å². The van der Waals surface area contributed by atoms with Crippen molar-refractivity contribution in [3.05, 3.63) is 0 Å². The van der Waals surface area contributed by atoms with E-state index in [0.29, 0.717) is 51.6 Å². The quantitative estimate of drug-likeness (QED) is 0.736. The number of amides is 3. The maximum absolute atomic E-state index is 12.2. The third kappa shape index (κ3) is 5.91. The van der Waals surface area contributed by atoms with Crippen molar-refractivity contribution in [2.24, 2.45) is 11.7 Å². The number of nitrogens with zero attached hydrogens (tertiary/aromatic N) is 2. The zero-order valence-corrected chi connectivity index (χ0v) is 13.4. The smallest absolute Gasteiger partial charge is 0.317 e. The summed E-state index contributed by atoms with van der Waals surface area (Å²) in [4.78, 5) is 27.6. The number of nitrogens with two attached hydrogens (primary N) is 1. The SMILES string of the molecule is CCNC(=O)N1CCN(C(=O)CCC(CC)CCN)CC1. The molecule has 0 saturated carbocycles. The van der Waals surface area contributed by atoms with E-state index in [9.17, 15) is 9.59 Å². The molecular formula is C15H30N4O2. The van der Waals surface area contributed by atoms with Crippen LogP contribution in [0.15, 0.2) is 0 Å². The number of rotatable bonds is 7. The van der Waals surface area contributed by atoms with Gasteiger partial charge in [-0.2, -0.15) is 0 Å². The summed E-state index contributed by atoms with van der Waals surface area (Å²) in [7, 11) is 0. The summed E-state index contributed by atoms with van der Waals surface area (Å²) >= 11 is 0. The van der Waals surface area contributed by atoms with Crippen molar-refractivity contribution in [3.63, 3.8) is 0 Å². The molecule has 1 aliphatic rings. The fourth-order valence-corrected chi connectivity index (χ4v) is 2.70. The van der Waals surface area contributed by atoms with Gasteiger partial charge in [0.05, 0.1) is 0 Å². The highest BCUT2D eigenvalue weighted by Crippen LogP contribution is 2.16. The largest absolute Gasteiger partial charge is 0.339 e. The Morgan fingerprint density at radius 2 is 1.71 bits per heavy atom. The fraction of sp³-hybridized carbons (Fsp3) is 0.867. The van der Waals surface area contributed by atoms with Crippen molar-refractivity contribution < 1.29 is 9.59 Å². The van der Waals surface area contributed by atoms with E-state index in [1.54, 1.807) is 4.90 Å². The summed E-state index contributed by atoms with van der Waals surface area (Å²) in [6.45, 7) is 7.91. The Bertz CT molecular complexity index is 328. The third-order valence-corrected chi connectivity index (χ3v) is 4.17. The average Bonchev–Trinajstić information content (AvgIpc) is 2.51. The Morgan fingerprint density at radius 1 is 1.10 bits per heavy atom. The number of carbonyl (C=O) groups excluding carboxylic acids is 2. The molecule has 21 heavy (non-hydrogen) atoms. The van der Waals surface area contributed by atoms with Gasteiger partial charge in [-0.1, -0.05) is 13.3 Å². The summed E-state index contributed by atoms with van der Waals surface area (Å²) in [5.41, 5.74) is 5.58. The Kier molecular flexibility index (Phi) is 8.12. The second-order valence-electron chi connectivity index (χ2n) is 5.59. The minimum atomic E-state index is -0.0291. The monoisotopic (exact) mass is 298 g/mol. The highest BCUT2D eigenvalue weighted by molar-refractivity contribution is 5.77. The van der Waals surface area contributed by atoms with Gasteiger partial charge in [0, 0.05) is 39.1 Å². The minimum absolute atomic E-state index is 0.0291. The van der Waals surface area contributed by atoms with Crippen LogP contribution in [0.2, 0.25) is 0 Å². The molecule has 1 heterocycles. The van der Waals surface area contributed by atoms with E-state index >= 15 is 0 Å². The molecule has 122 valence electrons. The van der Waals surface area contributed by atoms with Gasteiger partial charge >= 0.3 is 6.03 Å². The van der Waals surface area contributed by atoms with Crippen LogP contribution in [-0.2, 0) is 4.79 Å². The van der Waals surface area contributed by atoms with Gasteiger partial charge in [0.25, 0.3) is 0 Å². The maximum atomic E-state index is 12.2. The van der Waals surface area contributed by atoms with Crippen molar-refractivity contribution in [3.8, 4) is 0 Å². The van der Waals surface area contributed by atoms with Crippen LogP contribution in [0.25, 0.3) is 0 Å². The maximum Gasteiger partial charge on any atom is 0.317 e. The first-order chi connectivity index (χ1) is 10.1. The molecule has 0 aromatic rings. The average molecular weight is 298 g/mol. The normalized spacial score (nSPS) is 16.7. The number of urea groups is 1. The number of piperazine rings is 1. The molecule has 1 fully saturated rings. The van der Waals surface area contributed by atoms with Crippen molar-refractivity contribution in [2.45, 2.75) is 39.5 Å². The van der Waals surface area contributed by atoms with Crippen LogP contribution < -0.4 is 11.1 Å².